The van der Waals surface area contributed by atoms with E-state index in [2.05, 4.69) is 28.8 Å². The van der Waals surface area contributed by atoms with E-state index >= 15 is 0 Å². The van der Waals surface area contributed by atoms with Crippen molar-refractivity contribution in [3.63, 3.8) is 0 Å². The zero-order chi connectivity index (χ0) is 11.7. The number of aromatic nitrogens is 3. The SMILES string of the molecule is CC1(Cn2ccnn2)C=C(C2CCCC2)NO1. The molecule has 92 valence electrons. The quantitative estimate of drug-likeness (QED) is 0.864. The van der Waals surface area contributed by atoms with Crippen LogP contribution in [0.3, 0.4) is 0 Å². The van der Waals surface area contributed by atoms with Gasteiger partial charge in [0.05, 0.1) is 12.7 Å². The molecule has 3 rings (SSSR count). The van der Waals surface area contributed by atoms with Crippen LogP contribution in [0.15, 0.2) is 24.2 Å². The largest absolute Gasteiger partial charge is 0.270 e. The third-order valence-electron chi connectivity index (χ3n) is 3.61. The van der Waals surface area contributed by atoms with Gasteiger partial charge >= 0.3 is 0 Å². The van der Waals surface area contributed by atoms with Crippen LogP contribution >= 0.6 is 0 Å². The van der Waals surface area contributed by atoms with Crippen LogP contribution in [0.25, 0.3) is 0 Å². The van der Waals surface area contributed by atoms with Gasteiger partial charge in [0.15, 0.2) is 0 Å². The van der Waals surface area contributed by atoms with Gasteiger partial charge in [-0.3, -0.25) is 10.3 Å². The smallest absolute Gasteiger partial charge is 0.133 e. The second kappa shape index (κ2) is 4.14. The molecule has 1 N–H and O–H groups in total. The normalized spacial score (nSPS) is 29.4. The Morgan fingerprint density at radius 2 is 2.35 bits per heavy atom. The van der Waals surface area contributed by atoms with Crippen LogP contribution in [-0.4, -0.2) is 20.6 Å². The van der Waals surface area contributed by atoms with Gasteiger partial charge in [-0.25, -0.2) is 4.68 Å². The molecular formula is C12H18N4O. The lowest BCUT2D eigenvalue weighted by Crippen LogP contribution is -2.31. The fraction of sp³-hybridized carbons (Fsp3) is 0.667. The first-order valence-electron chi connectivity index (χ1n) is 6.26. The van der Waals surface area contributed by atoms with Crippen LogP contribution in [0.5, 0.6) is 0 Å². The molecule has 5 nitrogen and oxygen atoms in total. The zero-order valence-corrected chi connectivity index (χ0v) is 10.1. The highest BCUT2D eigenvalue weighted by Gasteiger charge is 2.34. The average molecular weight is 234 g/mol. The van der Waals surface area contributed by atoms with Crippen molar-refractivity contribution in [2.24, 2.45) is 5.92 Å². The molecule has 0 radical (unpaired) electrons. The summed E-state index contributed by atoms with van der Waals surface area (Å²) in [7, 11) is 0. The van der Waals surface area contributed by atoms with Gasteiger partial charge in [-0.1, -0.05) is 18.1 Å². The molecule has 1 fully saturated rings. The zero-order valence-electron chi connectivity index (χ0n) is 10.1. The van der Waals surface area contributed by atoms with E-state index in [0.717, 1.165) is 0 Å². The Kier molecular flexibility index (Phi) is 2.63. The summed E-state index contributed by atoms with van der Waals surface area (Å²) in [6, 6.07) is 0. The van der Waals surface area contributed by atoms with E-state index in [-0.39, 0.29) is 5.60 Å². The third-order valence-corrected chi connectivity index (χ3v) is 3.61. The number of nitrogens with one attached hydrogen (secondary N) is 1. The molecule has 17 heavy (non-hydrogen) atoms. The van der Waals surface area contributed by atoms with E-state index in [1.807, 2.05) is 6.20 Å². The maximum absolute atomic E-state index is 5.71. The summed E-state index contributed by atoms with van der Waals surface area (Å²) < 4.78 is 1.80. The Balaban J connectivity index is 1.71. The first kappa shape index (κ1) is 10.8. The minimum atomic E-state index is -0.314. The van der Waals surface area contributed by atoms with Crippen LogP contribution in [-0.2, 0) is 11.4 Å². The highest BCUT2D eigenvalue weighted by Crippen LogP contribution is 2.34. The molecule has 2 aliphatic rings. The first-order chi connectivity index (χ1) is 8.25. The van der Waals surface area contributed by atoms with Crippen molar-refractivity contribution >= 4 is 0 Å². The van der Waals surface area contributed by atoms with E-state index in [0.29, 0.717) is 12.5 Å². The molecule has 0 aromatic carbocycles. The van der Waals surface area contributed by atoms with Crippen LogP contribution in [0.1, 0.15) is 32.6 Å². The fourth-order valence-corrected chi connectivity index (χ4v) is 2.72. The highest BCUT2D eigenvalue weighted by atomic mass is 16.7. The molecule has 1 aliphatic carbocycles. The van der Waals surface area contributed by atoms with Gasteiger partial charge in [-0.2, -0.15) is 0 Å². The Morgan fingerprint density at radius 1 is 1.53 bits per heavy atom. The van der Waals surface area contributed by atoms with Gasteiger partial charge in [-0.05, 0) is 25.8 Å². The standard InChI is InChI=1S/C12H18N4O/c1-12(9-16-7-6-13-15-16)8-11(14-17-12)10-4-2-3-5-10/h6-8,10,14H,2-5,9H2,1H3. The Morgan fingerprint density at radius 3 is 3.06 bits per heavy atom. The maximum Gasteiger partial charge on any atom is 0.133 e. The van der Waals surface area contributed by atoms with E-state index in [9.17, 15) is 0 Å². The summed E-state index contributed by atoms with van der Waals surface area (Å²) in [5.41, 5.74) is 4.04. The van der Waals surface area contributed by atoms with Crippen molar-refractivity contribution in [3.8, 4) is 0 Å². The van der Waals surface area contributed by atoms with E-state index in [1.54, 1.807) is 10.9 Å². The Hall–Kier alpha value is -1.36. The van der Waals surface area contributed by atoms with Gasteiger partial charge in [0, 0.05) is 17.8 Å². The first-order valence-corrected chi connectivity index (χ1v) is 6.26. The van der Waals surface area contributed by atoms with Gasteiger partial charge in [0.1, 0.15) is 5.60 Å². The molecular weight excluding hydrogens is 216 g/mol. The molecule has 1 saturated carbocycles. The maximum atomic E-state index is 5.71. The van der Waals surface area contributed by atoms with Crippen LogP contribution in [0, 0.1) is 5.92 Å². The van der Waals surface area contributed by atoms with Crippen LogP contribution in [0.2, 0.25) is 0 Å². The second-order valence-electron chi connectivity index (χ2n) is 5.20. The number of hydrogen-bond acceptors (Lipinski definition) is 4. The van der Waals surface area contributed by atoms with Crippen molar-refractivity contribution in [3.05, 3.63) is 24.2 Å². The number of nitrogens with zero attached hydrogens (tertiary/aromatic N) is 3. The molecule has 5 heteroatoms. The lowest BCUT2D eigenvalue weighted by Gasteiger charge is -2.19. The molecule has 0 saturated heterocycles. The van der Waals surface area contributed by atoms with Gasteiger partial charge in [0.25, 0.3) is 0 Å². The predicted octanol–water partition coefficient (Wildman–Crippen LogP) is 1.65. The topological polar surface area (TPSA) is 52.0 Å². The summed E-state index contributed by atoms with van der Waals surface area (Å²) >= 11 is 0. The van der Waals surface area contributed by atoms with Crippen molar-refractivity contribution in [1.29, 1.82) is 0 Å². The van der Waals surface area contributed by atoms with Gasteiger partial charge in [0.2, 0.25) is 0 Å². The number of allylic oxidation sites excluding steroid dienone is 1. The molecule has 0 amide bonds. The summed E-state index contributed by atoms with van der Waals surface area (Å²) in [4.78, 5) is 5.71. The molecule has 1 unspecified atom stereocenters. The number of rotatable bonds is 3. The summed E-state index contributed by atoms with van der Waals surface area (Å²) in [5.74, 6) is 0.660. The third kappa shape index (κ3) is 2.20. The Bertz CT molecular complexity index is 408. The number of hydrogen-bond donors (Lipinski definition) is 1. The van der Waals surface area contributed by atoms with Crippen molar-refractivity contribution in [2.75, 3.05) is 0 Å². The summed E-state index contributed by atoms with van der Waals surface area (Å²) in [6.45, 7) is 2.76. The van der Waals surface area contributed by atoms with Crippen LogP contribution in [0.4, 0.5) is 0 Å². The fourth-order valence-electron chi connectivity index (χ4n) is 2.72. The molecule has 0 spiro atoms. The van der Waals surface area contributed by atoms with Gasteiger partial charge in [-0.15, -0.1) is 5.10 Å². The van der Waals surface area contributed by atoms with Crippen molar-refractivity contribution < 1.29 is 4.84 Å². The lowest BCUT2D eigenvalue weighted by atomic mass is 9.99. The molecule has 1 aliphatic heterocycles. The van der Waals surface area contributed by atoms with Crippen LogP contribution < -0.4 is 5.48 Å². The van der Waals surface area contributed by atoms with Gasteiger partial charge < -0.3 is 0 Å². The Labute approximate surface area is 101 Å². The average Bonchev–Trinajstić information content (AvgIpc) is 2.98. The minimum Gasteiger partial charge on any atom is -0.270 e. The molecule has 1 atom stereocenters. The lowest BCUT2D eigenvalue weighted by molar-refractivity contribution is -0.0419. The highest BCUT2D eigenvalue weighted by molar-refractivity contribution is 5.16. The monoisotopic (exact) mass is 234 g/mol. The van der Waals surface area contributed by atoms with E-state index in [4.69, 9.17) is 4.84 Å². The van der Waals surface area contributed by atoms with Crippen molar-refractivity contribution in [2.45, 2.75) is 44.8 Å². The second-order valence-corrected chi connectivity index (χ2v) is 5.20. The van der Waals surface area contributed by atoms with Crippen molar-refractivity contribution in [1.82, 2.24) is 20.5 Å². The molecule has 0 bridgehead atoms. The molecule has 1 aromatic heterocycles. The predicted molar refractivity (Wildman–Crippen MR) is 62.7 cm³/mol. The van der Waals surface area contributed by atoms with E-state index < -0.39 is 0 Å². The summed E-state index contributed by atoms with van der Waals surface area (Å²) in [6.07, 6.45) is 11.0. The molecule has 2 heterocycles. The molecule has 1 aromatic rings. The summed E-state index contributed by atoms with van der Waals surface area (Å²) in [5, 5.41) is 7.79. The minimum absolute atomic E-state index is 0.314. The van der Waals surface area contributed by atoms with E-state index in [1.165, 1.54) is 31.4 Å². The number of hydroxylamine groups is 1.